The number of piperidine rings is 1. The summed E-state index contributed by atoms with van der Waals surface area (Å²) in [5.41, 5.74) is 1.62. The zero-order chi connectivity index (χ0) is 27.6. The number of ether oxygens (including phenoxy) is 2. The lowest BCUT2D eigenvalue weighted by Gasteiger charge is -2.37. The molecule has 1 saturated carbocycles. The van der Waals surface area contributed by atoms with E-state index < -0.39 is 17.2 Å². The van der Waals surface area contributed by atoms with Gasteiger partial charge in [-0.3, -0.25) is 4.99 Å². The molecule has 4 rings (SSSR count). The molecule has 2 aliphatic rings. The Morgan fingerprint density at radius 1 is 1.26 bits per heavy atom. The Bertz CT molecular complexity index is 1090. The van der Waals surface area contributed by atoms with E-state index in [-0.39, 0.29) is 30.7 Å². The van der Waals surface area contributed by atoms with Crippen LogP contribution in [-0.4, -0.2) is 70.0 Å². The molecule has 1 aromatic carbocycles. The van der Waals surface area contributed by atoms with Gasteiger partial charge in [0.15, 0.2) is 11.1 Å². The van der Waals surface area contributed by atoms with Crippen molar-refractivity contribution in [1.29, 1.82) is 0 Å². The maximum Gasteiger partial charge on any atom is 0.404 e. The van der Waals surface area contributed by atoms with Gasteiger partial charge < -0.3 is 29.3 Å². The first-order valence-electron chi connectivity index (χ1n) is 14.2. The molecule has 216 valence electrons. The Morgan fingerprint density at radius 3 is 2.74 bits per heavy atom. The van der Waals surface area contributed by atoms with Crippen molar-refractivity contribution >= 4 is 23.1 Å². The molecule has 0 spiro atoms. The van der Waals surface area contributed by atoms with Gasteiger partial charge in [0.1, 0.15) is 0 Å². The highest BCUT2D eigenvalue weighted by Gasteiger charge is 2.32. The predicted molar refractivity (Wildman–Crippen MR) is 150 cm³/mol. The Balaban J connectivity index is 1.56. The molecule has 5 atom stereocenters. The zero-order valence-corrected chi connectivity index (χ0v) is 23.9. The maximum atomic E-state index is 12.5. The molecule has 1 aromatic heterocycles. The summed E-state index contributed by atoms with van der Waals surface area (Å²) in [6, 6.07) is 10.0. The fourth-order valence-corrected chi connectivity index (χ4v) is 6.56. The third-order valence-corrected chi connectivity index (χ3v) is 8.63. The molecule has 1 amide bonds. The van der Waals surface area contributed by atoms with Crippen molar-refractivity contribution in [2.24, 2.45) is 16.8 Å². The minimum Gasteiger partial charge on any atom is -0.548 e. The highest BCUT2D eigenvalue weighted by Crippen LogP contribution is 2.34. The molecule has 3 N–H and O–H groups in total. The van der Waals surface area contributed by atoms with Crippen molar-refractivity contribution in [3.05, 3.63) is 41.4 Å². The van der Waals surface area contributed by atoms with Crippen LogP contribution < -0.4 is 15.7 Å². The lowest BCUT2D eigenvalue weighted by Crippen LogP contribution is -2.41. The van der Waals surface area contributed by atoms with Crippen LogP contribution in [0.15, 0.2) is 35.3 Å². The maximum absolute atomic E-state index is 12.5. The van der Waals surface area contributed by atoms with Gasteiger partial charge in [0.25, 0.3) is 0 Å². The summed E-state index contributed by atoms with van der Waals surface area (Å²) in [4.78, 5) is 18.3. The number of nitrogens with zero attached hydrogens (tertiary/aromatic N) is 3. The quantitative estimate of drug-likeness (QED) is 0.321. The van der Waals surface area contributed by atoms with Crippen molar-refractivity contribution in [3.8, 4) is 0 Å². The highest BCUT2D eigenvalue weighted by molar-refractivity contribution is 7.13. The zero-order valence-electron chi connectivity index (χ0n) is 23.1. The van der Waals surface area contributed by atoms with E-state index in [1.165, 1.54) is 19.3 Å². The largest absolute Gasteiger partial charge is 0.548 e. The molecule has 0 bridgehead atoms. The van der Waals surface area contributed by atoms with Crippen molar-refractivity contribution in [3.63, 3.8) is 0 Å². The molecule has 2 heterocycles. The molecule has 2 fully saturated rings. The molecule has 1 aliphatic heterocycles. The average Bonchev–Trinajstić information content (AvgIpc) is 3.32. The highest BCUT2D eigenvalue weighted by atomic mass is 32.2. The van der Waals surface area contributed by atoms with Gasteiger partial charge in [0.05, 0.1) is 24.9 Å². The van der Waals surface area contributed by atoms with Crippen LogP contribution >= 0.6 is 11.1 Å². The summed E-state index contributed by atoms with van der Waals surface area (Å²) in [5, 5.41) is 11.7. The molecular formula is C28H43N5O5S. The van der Waals surface area contributed by atoms with Crippen LogP contribution in [0.25, 0.3) is 0 Å². The number of methoxy groups -OCH3 is 1. The van der Waals surface area contributed by atoms with Crippen molar-refractivity contribution in [1.82, 2.24) is 14.1 Å². The van der Waals surface area contributed by atoms with Crippen LogP contribution in [0.2, 0.25) is 0 Å². The van der Waals surface area contributed by atoms with E-state index in [1.54, 1.807) is 7.11 Å². The van der Waals surface area contributed by atoms with Gasteiger partial charge in [0.2, 0.25) is 11.3 Å². The number of hydrogen-bond acceptors (Lipinski definition) is 7. The fourth-order valence-electron chi connectivity index (χ4n) is 5.85. The second-order valence-electron chi connectivity index (χ2n) is 10.9. The monoisotopic (exact) mass is 561 g/mol. The number of rotatable bonds is 12. The summed E-state index contributed by atoms with van der Waals surface area (Å²) >= 11 is -1.61. The number of H-pyrrole nitrogens is 1. The van der Waals surface area contributed by atoms with Gasteiger partial charge in [-0.1, -0.05) is 62.4 Å². The molecular weight excluding hydrogens is 518 g/mol. The van der Waals surface area contributed by atoms with Gasteiger partial charge >= 0.3 is 6.09 Å². The molecule has 10 nitrogen and oxygen atoms in total. The first-order valence-corrected chi connectivity index (χ1v) is 15.3. The van der Waals surface area contributed by atoms with Crippen LogP contribution in [0.1, 0.15) is 70.0 Å². The fraction of sp³-hybridized carbons (Fsp3) is 0.679. The van der Waals surface area contributed by atoms with Gasteiger partial charge in [-0.15, -0.1) is 4.37 Å². The number of aromatic nitrogens is 2. The summed E-state index contributed by atoms with van der Waals surface area (Å²) in [6.07, 6.45) is 7.53. The van der Waals surface area contributed by atoms with E-state index in [4.69, 9.17) is 14.5 Å². The second kappa shape index (κ2) is 14.8. The number of carbonyl (C=O) groups is 1. The number of benzene rings is 1. The van der Waals surface area contributed by atoms with Crippen molar-refractivity contribution in [2.75, 3.05) is 38.3 Å². The number of aromatic amines is 1. The number of hydrogen-bond donors (Lipinski definition) is 3. The van der Waals surface area contributed by atoms with Gasteiger partial charge in [-0.05, 0) is 37.7 Å². The Morgan fingerprint density at radius 2 is 2.03 bits per heavy atom. The third kappa shape index (κ3) is 8.76. The Kier molecular flexibility index (Phi) is 11.2. The predicted octanol–water partition coefficient (Wildman–Crippen LogP) is 4.65. The summed E-state index contributed by atoms with van der Waals surface area (Å²) < 4.78 is 31.7. The SMILES string of the molecule is COC(C)COC(c1ccccc1)C1CCCN(c2n[s+]([O-])[nH]c2=N[C@H](CNC(=O)O)CC2CCCCC2)C1. The minimum absolute atomic E-state index is 0.0130. The molecule has 1 aliphatic carbocycles. The number of carboxylic acid groups (broad SMARTS) is 1. The summed E-state index contributed by atoms with van der Waals surface area (Å²) in [7, 11) is 1.69. The van der Waals surface area contributed by atoms with E-state index in [9.17, 15) is 14.5 Å². The topological polar surface area (TPSA) is 135 Å². The minimum atomic E-state index is -1.61. The number of anilines is 1. The van der Waals surface area contributed by atoms with Crippen molar-refractivity contribution in [2.45, 2.75) is 76.5 Å². The normalized spacial score (nSPS) is 21.9. The number of nitrogens with one attached hydrogen (secondary N) is 2. The van der Waals surface area contributed by atoms with Crippen LogP contribution in [0.4, 0.5) is 10.6 Å². The van der Waals surface area contributed by atoms with E-state index in [1.807, 2.05) is 25.1 Å². The molecule has 11 heteroatoms. The lowest BCUT2D eigenvalue weighted by atomic mass is 9.85. The molecule has 39 heavy (non-hydrogen) atoms. The van der Waals surface area contributed by atoms with E-state index in [2.05, 4.69) is 31.1 Å². The Hall–Kier alpha value is -2.47. The Labute approximate surface area is 233 Å². The average molecular weight is 562 g/mol. The standard InChI is InChI=1S/C28H43N5O5S/c1-20(37-2)19-38-25(22-12-7-4-8-13-22)23-14-9-15-33(18-23)27-26(31-39(36)32-27)30-24(17-29-28(34)35)16-21-10-5-3-6-11-21/h4,7-8,12-13,20-21,23-25,29H,3,5-6,9-11,14-19H2,1-2H3,(H,30,31)(H,34,35)/t20?,23?,24-,25?,39?/m0/s1. The molecule has 0 radical (unpaired) electrons. The van der Waals surface area contributed by atoms with E-state index in [0.717, 1.165) is 44.2 Å². The molecule has 2 aromatic rings. The summed E-state index contributed by atoms with van der Waals surface area (Å²) in [6.45, 7) is 4.18. The van der Waals surface area contributed by atoms with Crippen molar-refractivity contribution < 1.29 is 23.9 Å². The molecule has 1 saturated heterocycles. The molecule has 4 unspecified atom stereocenters. The van der Waals surface area contributed by atoms with Gasteiger partial charge in [-0.2, -0.15) is 0 Å². The van der Waals surface area contributed by atoms with E-state index >= 15 is 0 Å². The van der Waals surface area contributed by atoms with Crippen LogP contribution in [0.5, 0.6) is 0 Å². The number of amides is 1. The first-order chi connectivity index (χ1) is 18.9. The van der Waals surface area contributed by atoms with Crippen LogP contribution in [0.3, 0.4) is 0 Å². The lowest BCUT2D eigenvalue weighted by molar-refractivity contribution is -0.0461. The second-order valence-corrected chi connectivity index (χ2v) is 11.8. The van der Waals surface area contributed by atoms with E-state index in [0.29, 0.717) is 30.4 Å². The first kappa shape index (κ1) is 29.5. The van der Waals surface area contributed by atoms with Gasteiger partial charge in [-0.25, -0.2) is 4.79 Å². The third-order valence-electron chi connectivity index (χ3n) is 7.92. The van der Waals surface area contributed by atoms with Crippen LogP contribution in [-0.2, 0) is 9.47 Å². The smallest absolute Gasteiger partial charge is 0.404 e. The van der Waals surface area contributed by atoms with Gasteiger partial charge in [0, 0.05) is 37.0 Å². The summed E-state index contributed by atoms with van der Waals surface area (Å²) in [5.74, 6) is 1.32. The van der Waals surface area contributed by atoms with Crippen LogP contribution in [0, 0.1) is 11.8 Å².